The highest BCUT2D eigenvalue weighted by Gasteiger charge is 2.24. The highest BCUT2D eigenvalue weighted by Crippen LogP contribution is 2.21. The lowest BCUT2D eigenvalue weighted by Crippen LogP contribution is -2.35. The van der Waals surface area contributed by atoms with Gasteiger partial charge in [-0.05, 0) is 30.6 Å². The number of aromatic nitrogens is 7. The zero-order valence-electron chi connectivity index (χ0n) is 26.0. The molecule has 45 heavy (non-hydrogen) atoms. The second-order valence-electron chi connectivity index (χ2n) is 10.9. The Hall–Kier alpha value is -5.68. The maximum atomic E-state index is 14.4. The first-order valence-corrected chi connectivity index (χ1v) is 14.2. The van der Waals surface area contributed by atoms with E-state index in [1.165, 1.54) is 4.52 Å². The van der Waals surface area contributed by atoms with Crippen LogP contribution >= 0.6 is 0 Å². The molecule has 0 aliphatic rings. The van der Waals surface area contributed by atoms with Crippen LogP contribution < -0.4 is 16.6 Å². The molecule has 0 fully saturated rings. The van der Waals surface area contributed by atoms with Crippen LogP contribution in [0.25, 0.3) is 16.6 Å². The number of allylic oxidation sites excluding steroid dienone is 4. The summed E-state index contributed by atoms with van der Waals surface area (Å²) in [5.74, 6) is 8.82. The fraction of sp³-hybridized carbons (Fsp3) is 0.133. The average molecular weight is 591 g/mol. The number of benzene rings is 1. The van der Waals surface area contributed by atoms with Gasteiger partial charge in [-0.15, -0.1) is 17.0 Å². The van der Waals surface area contributed by atoms with Gasteiger partial charge in [-0.3, -0.25) is 18.8 Å². The predicted octanol–water partition coefficient (Wildman–Crippen LogP) is -1.77. The predicted molar refractivity (Wildman–Crippen MR) is 186 cm³/mol. The van der Waals surface area contributed by atoms with Gasteiger partial charge in [0.2, 0.25) is 0 Å². The molecular formula is C30H29B4N9O2. The number of hydrogen-bond donors (Lipinski definition) is 2. The fourth-order valence-corrected chi connectivity index (χ4v) is 5.01. The van der Waals surface area contributed by atoms with Gasteiger partial charge in [0.1, 0.15) is 42.8 Å². The summed E-state index contributed by atoms with van der Waals surface area (Å²) in [6.07, 6.45) is 12.3. The van der Waals surface area contributed by atoms with Gasteiger partial charge < -0.3 is 11.1 Å². The number of nitrogens with one attached hydrogen (secondary N) is 1. The molecule has 4 heterocycles. The van der Waals surface area contributed by atoms with Gasteiger partial charge in [0.25, 0.3) is 11.5 Å². The van der Waals surface area contributed by atoms with E-state index in [2.05, 4.69) is 38.3 Å². The molecule has 0 bridgehead atoms. The van der Waals surface area contributed by atoms with Crippen molar-refractivity contribution in [2.75, 3.05) is 5.73 Å². The van der Waals surface area contributed by atoms with Crippen LogP contribution in [0.3, 0.4) is 0 Å². The van der Waals surface area contributed by atoms with Crippen LogP contribution in [0.2, 0.25) is 0 Å². The van der Waals surface area contributed by atoms with Crippen LogP contribution in [0.4, 0.5) is 5.82 Å². The summed E-state index contributed by atoms with van der Waals surface area (Å²) in [7, 11) is 9.58. The van der Waals surface area contributed by atoms with Gasteiger partial charge in [-0.2, -0.15) is 5.10 Å². The number of rotatable bonds is 6. The number of amides is 1. The Morgan fingerprint density at radius 3 is 2.64 bits per heavy atom. The highest BCUT2D eigenvalue weighted by molar-refractivity contribution is 6.44. The minimum Gasteiger partial charge on any atom is -0.381 e. The van der Waals surface area contributed by atoms with Crippen molar-refractivity contribution in [2.45, 2.75) is 19.5 Å². The van der Waals surface area contributed by atoms with Gasteiger partial charge in [0.15, 0.2) is 11.5 Å². The summed E-state index contributed by atoms with van der Waals surface area (Å²) in [6, 6.07) is 6.35. The Kier molecular flexibility index (Phi) is 8.55. The van der Waals surface area contributed by atoms with Crippen LogP contribution in [-0.4, -0.2) is 71.2 Å². The molecule has 1 unspecified atom stereocenters. The second kappa shape index (κ2) is 12.5. The third-order valence-corrected chi connectivity index (χ3v) is 7.82. The van der Waals surface area contributed by atoms with Crippen molar-refractivity contribution in [3.8, 4) is 24.2 Å². The molecule has 0 spiro atoms. The minimum absolute atomic E-state index is 0.0413. The van der Waals surface area contributed by atoms with E-state index in [1.807, 2.05) is 38.4 Å². The minimum atomic E-state index is -0.699. The molecule has 0 saturated carbocycles. The van der Waals surface area contributed by atoms with Crippen molar-refractivity contribution in [3.05, 3.63) is 104 Å². The Morgan fingerprint density at radius 2 is 1.93 bits per heavy atom. The molecule has 5 rings (SSSR count). The van der Waals surface area contributed by atoms with E-state index in [-0.39, 0.29) is 23.5 Å². The Balaban J connectivity index is 1.65. The first kappa shape index (κ1) is 30.8. The van der Waals surface area contributed by atoms with Crippen molar-refractivity contribution < 1.29 is 4.79 Å². The Bertz CT molecular complexity index is 2230. The number of carbonyl (C=O) groups is 1. The first-order chi connectivity index (χ1) is 21.5. The number of nitrogens with zero attached hydrogens (tertiary/aromatic N) is 7. The largest absolute Gasteiger partial charge is 0.381 e. The number of nitrogens with two attached hydrogens (primary N) is 1. The SMILES string of the molecule is B/C(C#C)=C(B)/C(B)=C(/B)Cn1c(C(C)NC(=O)c2c(N)nn3cccnc23)nc2cccc(C#Cc3cnn(C)c3)c2c1=O. The molecule has 4 aromatic heterocycles. The normalized spacial score (nSPS) is 12.9. The van der Waals surface area contributed by atoms with Crippen molar-refractivity contribution >= 4 is 59.7 Å². The van der Waals surface area contributed by atoms with Crippen molar-refractivity contribution in [3.63, 3.8) is 0 Å². The van der Waals surface area contributed by atoms with Gasteiger partial charge in [-0.25, -0.2) is 14.5 Å². The third-order valence-electron chi connectivity index (χ3n) is 7.82. The molecule has 0 aliphatic heterocycles. The van der Waals surface area contributed by atoms with Crippen LogP contribution in [-0.2, 0) is 13.6 Å². The molecule has 0 radical (unpaired) electrons. The molecular weight excluding hydrogens is 562 g/mol. The molecule has 5 aromatic rings. The molecule has 11 nitrogen and oxygen atoms in total. The Labute approximate surface area is 263 Å². The maximum Gasteiger partial charge on any atom is 0.262 e. The zero-order valence-corrected chi connectivity index (χ0v) is 26.0. The summed E-state index contributed by atoms with van der Waals surface area (Å²) >= 11 is 0. The summed E-state index contributed by atoms with van der Waals surface area (Å²) in [4.78, 5) is 37.1. The maximum absolute atomic E-state index is 14.4. The summed E-state index contributed by atoms with van der Waals surface area (Å²) in [5, 5.41) is 11.7. The summed E-state index contributed by atoms with van der Waals surface area (Å²) < 4.78 is 4.69. The van der Waals surface area contributed by atoms with E-state index in [1.54, 1.807) is 65.2 Å². The zero-order chi connectivity index (χ0) is 32.4. The lowest BCUT2D eigenvalue weighted by atomic mass is 9.66. The van der Waals surface area contributed by atoms with Crippen molar-refractivity contribution in [1.29, 1.82) is 0 Å². The van der Waals surface area contributed by atoms with Gasteiger partial charge in [-0.1, -0.05) is 34.8 Å². The number of fused-ring (bicyclic) bond motifs is 2. The van der Waals surface area contributed by atoms with Gasteiger partial charge in [0, 0.05) is 37.7 Å². The molecule has 0 saturated heterocycles. The van der Waals surface area contributed by atoms with Gasteiger partial charge >= 0.3 is 0 Å². The second-order valence-corrected chi connectivity index (χ2v) is 10.9. The summed E-state index contributed by atoms with van der Waals surface area (Å²) in [5.41, 5.74) is 11.6. The number of nitrogen functional groups attached to an aromatic ring is 1. The van der Waals surface area contributed by atoms with Crippen molar-refractivity contribution in [1.82, 2.24) is 39.2 Å². The summed E-state index contributed by atoms with van der Waals surface area (Å²) in [6.45, 7) is 1.98. The number of aryl methyl sites for hydroxylation is 1. The van der Waals surface area contributed by atoms with E-state index in [4.69, 9.17) is 17.1 Å². The van der Waals surface area contributed by atoms with E-state index in [0.29, 0.717) is 27.9 Å². The number of carbonyl (C=O) groups excluding carboxylic acids is 1. The number of hydrogen-bond acceptors (Lipinski definition) is 7. The molecule has 1 aromatic carbocycles. The Morgan fingerprint density at radius 1 is 1.16 bits per heavy atom. The van der Waals surface area contributed by atoms with Crippen LogP contribution in [0.5, 0.6) is 0 Å². The standard InChI is InChI=1S/C30H29B4N9O2/c1-4-19(31)24(33)25(34)20(32)15-42-27(16(2)38-29(44)23-26(35)40-43-12-6-11-36-28(23)43)39-21-8-5-7-18(22(21)30(42)45)10-9-17-13-37-41(3)14-17/h1,5-8,11-14,16H,15,31-34H2,2-3H3,(H2,35,40)(H,38,44)/b24-19-,25-20-. The molecule has 15 heteroatoms. The van der Waals surface area contributed by atoms with Gasteiger partial charge in [0.05, 0.1) is 28.7 Å². The van der Waals surface area contributed by atoms with Crippen LogP contribution in [0.1, 0.15) is 40.3 Å². The van der Waals surface area contributed by atoms with Crippen LogP contribution in [0.15, 0.2) is 75.7 Å². The van der Waals surface area contributed by atoms with E-state index < -0.39 is 11.9 Å². The lowest BCUT2D eigenvalue weighted by molar-refractivity contribution is 0.0939. The van der Waals surface area contributed by atoms with Crippen molar-refractivity contribution in [2.24, 2.45) is 7.05 Å². The van der Waals surface area contributed by atoms with E-state index in [0.717, 1.165) is 27.5 Å². The molecule has 1 atom stereocenters. The molecule has 0 aliphatic carbocycles. The quantitative estimate of drug-likeness (QED) is 0.136. The monoisotopic (exact) mass is 591 g/mol. The van der Waals surface area contributed by atoms with Crippen LogP contribution in [0, 0.1) is 24.2 Å². The third kappa shape index (κ3) is 6.06. The first-order valence-electron chi connectivity index (χ1n) is 14.2. The van der Waals surface area contributed by atoms with E-state index in [9.17, 15) is 9.59 Å². The topological polar surface area (TPSA) is 138 Å². The highest BCUT2D eigenvalue weighted by atomic mass is 16.2. The number of terminal acetylenes is 1. The molecule has 3 N–H and O–H groups in total. The smallest absolute Gasteiger partial charge is 0.262 e. The average Bonchev–Trinajstić information content (AvgIpc) is 3.60. The number of anilines is 1. The molecule has 218 valence electrons. The molecule has 1 amide bonds. The van der Waals surface area contributed by atoms with E-state index >= 15 is 0 Å². The fourth-order valence-electron chi connectivity index (χ4n) is 5.01. The lowest BCUT2D eigenvalue weighted by Gasteiger charge is -2.21.